The number of rotatable bonds is 5. The Morgan fingerprint density at radius 2 is 1.95 bits per heavy atom. The summed E-state index contributed by atoms with van der Waals surface area (Å²) in [5, 5.41) is 3.06. The lowest BCUT2D eigenvalue weighted by atomic mass is 10.1. The summed E-state index contributed by atoms with van der Waals surface area (Å²) in [7, 11) is 0. The highest BCUT2D eigenvalue weighted by atomic mass is 35.5. The molecule has 0 spiro atoms. The van der Waals surface area contributed by atoms with Gasteiger partial charge in [0.15, 0.2) is 0 Å². The first-order valence-corrected chi connectivity index (χ1v) is 6.08. The van der Waals surface area contributed by atoms with Gasteiger partial charge in [0.2, 0.25) is 0 Å². The fourth-order valence-corrected chi connectivity index (χ4v) is 1.77. The largest absolute Gasteiger partial charge is 0.460 e. The Morgan fingerprint density at radius 3 is 2.62 bits per heavy atom. The molecule has 0 aliphatic rings. The maximum absolute atomic E-state index is 12.6. The lowest BCUT2D eigenvalue weighted by molar-refractivity contribution is -0.137. The second-order valence-electron chi connectivity index (χ2n) is 4.26. The van der Waals surface area contributed by atoms with Crippen LogP contribution in [0.15, 0.2) is 53.5 Å². The highest BCUT2D eigenvalue weighted by Crippen LogP contribution is 2.32. The first-order valence-electron chi connectivity index (χ1n) is 6.08. The van der Waals surface area contributed by atoms with Gasteiger partial charge in [-0.1, -0.05) is 18.2 Å². The van der Waals surface area contributed by atoms with Crippen molar-refractivity contribution in [3.8, 4) is 11.3 Å². The van der Waals surface area contributed by atoms with E-state index in [0.717, 1.165) is 12.1 Å². The predicted molar refractivity (Wildman–Crippen MR) is 78.3 cm³/mol. The van der Waals surface area contributed by atoms with Gasteiger partial charge in [0.1, 0.15) is 11.5 Å². The van der Waals surface area contributed by atoms with Gasteiger partial charge in [-0.3, -0.25) is 0 Å². The molecule has 2 nitrogen and oxygen atoms in total. The van der Waals surface area contributed by atoms with Gasteiger partial charge in [0.05, 0.1) is 12.1 Å². The monoisotopic (exact) mass is 317 g/mol. The van der Waals surface area contributed by atoms with Crippen molar-refractivity contribution < 1.29 is 17.6 Å². The summed E-state index contributed by atoms with van der Waals surface area (Å²) in [5.74, 6) is 1.09. The first-order chi connectivity index (χ1) is 9.50. The maximum Gasteiger partial charge on any atom is 0.416 e. The van der Waals surface area contributed by atoms with Crippen LogP contribution in [0.2, 0.25) is 0 Å². The topological polar surface area (TPSA) is 25.2 Å². The van der Waals surface area contributed by atoms with Crippen molar-refractivity contribution >= 4 is 12.4 Å². The first kappa shape index (κ1) is 17.3. The number of hydrogen-bond donors (Lipinski definition) is 1. The standard InChI is InChI=1S/C15H14F3NO.ClH/c1-2-8-19-10-13-6-7-14(20-13)11-4-3-5-12(9-11)15(16,17)18;/h2-7,9,19H,1,8,10H2;1H. The van der Waals surface area contributed by atoms with Crippen LogP contribution in [0, 0.1) is 0 Å². The highest BCUT2D eigenvalue weighted by molar-refractivity contribution is 5.85. The second-order valence-corrected chi connectivity index (χ2v) is 4.26. The molecule has 0 amide bonds. The van der Waals surface area contributed by atoms with Crippen molar-refractivity contribution in [1.82, 2.24) is 5.32 Å². The van der Waals surface area contributed by atoms with Crippen LogP contribution in [0.1, 0.15) is 11.3 Å². The van der Waals surface area contributed by atoms with E-state index in [0.29, 0.717) is 30.2 Å². The van der Waals surface area contributed by atoms with E-state index in [2.05, 4.69) is 11.9 Å². The van der Waals surface area contributed by atoms with E-state index in [1.807, 2.05) is 0 Å². The zero-order valence-electron chi connectivity index (χ0n) is 11.1. The Balaban J connectivity index is 0.00000220. The molecule has 1 N–H and O–H groups in total. The van der Waals surface area contributed by atoms with Crippen LogP contribution in [-0.2, 0) is 12.7 Å². The fraction of sp³-hybridized carbons (Fsp3) is 0.200. The van der Waals surface area contributed by atoms with Crippen molar-refractivity contribution in [3.63, 3.8) is 0 Å². The third-order valence-electron chi connectivity index (χ3n) is 2.72. The molecular weight excluding hydrogens is 303 g/mol. The second kappa shape index (κ2) is 7.33. The quantitative estimate of drug-likeness (QED) is 0.641. The van der Waals surface area contributed by atoms with Crippen molar-refractivity contribution in [2.24, 2.45) is 0 Å². The van der Waals surface area contributed by atoms with Gasteiger partial charge in [-0.25, -0.2) is 0 Å². The zero-order chi connectivity index (χ0) is 14.6. The van der Waals surface area contributed by atoms with Gasteiger partial charge in [-0.15, -0.1) is 19.0 Å². The molecule has 0 unspecified atom stereocenters. The molecule has 0 bridgehead atoms. The van der Waals surface area contributed by atoms with Crippen LogP contribution in [0.4, 0.5) is 13.2 Å². The van der Waals surface area contributed by atoms with Crippen LogP contribution in [0.5, 0.6) is 0 Å². The summed E-state index contributed by atoms with van der Waals surface area (Å²) >= 11 is 0. The van der Waals surface area contributed by atoms with Gasteiger partial charge >= 0.3 is 6.18 Å². The summed E-state index contributed by atoms with van der Waals surface area (Å²) in [6.07, 6.45) is -2.63. The third-order valence-corrected chi connectivity index (χ3v) is 2.72. The summed E-state index contributed by atoms with van der Waals surface area (Å²) in [6, 6.07) is 8.50. The molecule has 0 saturated heterocycles. The minimum absolute atomic E-state index is 0. The molecule has 0 aliphatic heterocycles. The van der Waals surface area contributed by atoms with E-state index < -0.39 is 11.7 Å². The Morgan fingerprint density at radius 1 is 1.19 bits per heavy atom. The molecule has 0 radical (unpaired) electrons. The van der Waals surface area contributed by atoms with Crippen LogP contribution in [0.25, 0.3) is 11.3 Å². The minimum atomic E-state index is -4.35. The van der Waals surface area contributed by atoms with Crippen molar-refractivity contribution in [2.45, 2.75) is 12.7 Å². The van der Waals surface area contributed by atoms with E-state index in [1.54, 1.807) is 24.3 Å². The van der Waals surface area contributed by atoms with Crippen molar-refractivity contribution in [2.75, 3.05) is 6.54 Å². The average Bonchev–Trinajstić information content (AvgIpc) is 2.87. The molecule has 1 aromatic heterocycles. The molecule has 0 aliphatic carbocycles. The average molecular weight is 318 g/mol. The van der Waals surface area contributed by atoms with Crippen molar-refractivity contribution in [3.05, 3.63) is 60.4 Å². The van der Waals surface area contributed by atoms with Gasteiger partial charge in [-0.05, 0) is 24.3 Å². The molecule has 1 heterocycles. The molecule has 0 fully saturated rings. The van der Waals surface area contributed by atoms with Crippen LogP contribution in [-0.4, -0.2) is 6.54 Å². The maximum atomic E-state index is 12.6. The molecule has 2 rings (SSSR count). The van der Waals surface area contributed by atoms with Gasteiger partial charge in [-0.2, -0.15) is 13.2 Å². The molecule has 1 aromatic carbocycles. The molecular formula is C15H15ClF3NO. The third kappa shape index (κ3) is 4.65. The van der Waals surface area contributed by atoms with Gasteiger partial charge in [0, 0.05) is 12.1 Å². The summed E-state index contributed by atoms with van der Waals surface area (Å²) in [6.45, 7) is 4.72. The van der Waals surface area contributed by atoms with E-state index >= 15 is 0 Å². The van der Waals surface area contributed by atoms with Crippen LogP contribution >= 0.6 is 12.4 Å². The van der Waals surface area contributed by atoms with Gasteiger partial charge < -0.3 is 9.73 Å². The van der Waals surface area contributed by atoms with E-state index in [9.17, 15) is 13.2 Å². The number of benzene rings is 1. The zero-order valence-corrected chi connectivity index (χ0v) is 11.9. The molecule has 0 saturated carbocycles. The lowest BCUT2D eigenvalue weighted by Crippen LogP contribution is -2.11. The molecule has 0 atom stereocenters. The van der Waals surface area contributed by atoms with E-state index in [4.69, 9.17) is 4.42 Å². The van der Waals surface area contributed by atoms with Gasteiger partial charge in [0.25, 0.3) is 0 Å². The summed E-state index contributed by atoms with van der Waals surface area (Å²) in [4.78, 5) is 0. The number of hydrogen-bond acceptors (Lipinski definition) is 2. The number of nitrogens with one attached hydrogen (secondary N) is 1. The Bertz CT molecular complexity index is 593. The van der Waals surface area contributed by atoms with E-state index in [-0.39, 0.29) is 12.4 Å². The minimum Gasteiger partial charge on any atom is -0.460 e. The van der Waals surface area contributed by atoms with Crippen LogP contribution in [0.3, 0.4) is 0 Å². The number of furan rings is 1. The SMILES string of the molecule is C=CCNCc1ccc(-c2cccc(C(F)(F)F)c2)o1.Cl. The molecule has 2 aromatic rings. The molecule has 21 heavy (non-hydrogen) atoms. The summed E-state index contributed by atoms with van der Waals surface area (Å²) < 4.78 is 43.5. The Hall–Kier alpha value is -1.72. The van der Waals surface area contributed by atoms with Crippen LogP contribution < -0.4 is 5.32 Å². The smallest absolute Gasteiger partial charge is 0.416 e. The highest BCUT2D eigenvalue weighted by Gasteiger charge is 2.30. The lowest BCUT2D eigenvalue weighted by Gasteiger charge is -2.07. The predicted octanol–water partition coefficient (Wildman–Crippen LogP) is 4.66. The Labute approximate surface area is 127 Å². The number of halogens is 4. The molecule has 6 heteroatoms. The Kier molecular flexibility index (Phi) is 6.05. The van der Waals surface area contributed by atoms with E-state index in [1.165, 1.54) is 6.07 Å². The normalized spacial score (nSPS) is 11.0. The number of alkyl halides is 3. The molecule has 114 valence electrons. The fourth-order valence-electron chi connectivity index (χ4n) is 1.77. The van der Waals surface area contributed by atoms with Crippen molar-refractivity contribution in [1.29, 1.82) is 0 Å². The summed E-state index contributed by atoms with van der Waals surface area (Å²) in [5.41, 5.74) is -0.271.